The van der Waals surface area contributed by atoms with Gasteiger partial charge >= 0.3 is 0 Å². The zero-order valence-electron chi connectivity index (χ0n) is 10.9. The van der Waals surface area contributed by atoms with E-state index in [-0.39, 0.29) is 17.6 Å². The first kappa shape index (κ1) is 13.8. The average molecular weight is 308 g/mol. The van der Waals surface area contributed by atoms with Crippen molar-refractivity contribution < 1.29 is 8.78 Å². The van der Waals surface area contributed by atoms with Crippen LogP contribution in [0.15, 0.2) is 47.5 Å². The molecule has 1 atom stereocenters. The summed E-state index contributed by atoms with van der Waals surface area (Å²) in [6.45, 7) is 0.320. The molecule has 0 saturated carbocycles. The number of aliphatic imine (C=N–C) groups is 1. The van der Waals surface area contributed by atoms with E-state index in [0.717, 1.165) is 0 Å². The highest BCUT2D eigenvalue weighted by Gasteiger charge is 2.30. The van der Waals surface area contributed by atoms with E-state index >= 15 is 0 Å². The summed E-state index contributed by atoms with van der Waals surface area (Å²) in [6.07, 6.45) is 0. The minimum absolute atomic E-state index is 0.269. The van der Waals surface area contributed by atoms with E-state index in [2.05, 4.69) is 4.99 Å². The third-order valence-electron chi connectivity index (χ3n) is 3.41. The Kier molecular flexibility index (Phi) is 3.51. The maximum atomic E-state index is 14.1. The van der Waals surface area contributed by atoms with E-state index in [1.807, 2.05) is 0 Å². The molecule has 0 aromatic heterocycles. The Morgan fingerprint density at radius 1 is 1.14 bits per heavy atom. The minimum atomic E-state index is -0.394. The summed E-state index contributed by atoms with van der Waals surface area (Å²) in [5, 5.41) is 0.441. The van der Waals surface area contributed by atoms with Gasteiger partial charge in [0.1, 0.15) is 11.6 Å². The van der Waals surface area contributed by atoms with Crippen molar-refractivity contribution >= 4 is 23.2 Å². The normalized spacial score (nSPS) is 18.0. The summed E-state index contributed by atoms with van der Waals surface area (Å²) in [7, 11) is 0. The maximum absolute atomic E-state index is 14.1. The molecule has 0 fully saturated rings. The van der Waals surface area contributed by atoms with Gasteiger partial charge in [0, 0.05) is 16.3 Å². The van der Waals surface area contributed by atoms with Gasteiger partial charge in [-0.25, -0.2) is 8.78 Å². The highest BCUT2D eigenvalue weighted by atomic mass is 35.5. The lowest BCUT2D eigenvalue weighted by Crippen LogP contribution is -2.36. The molecular formula is C15H12ClF2N3. The second-order valence-electron chi connectivity index (χ2n) is 4.73. The van der Waals surface area contributed by atoms with Crippen molar-refractivity contribution in [3.05, 3.63) is 64.7 Å². The summed E-state index contributed by atoms with van der Waals surface area (Å²) in [6, 6.07) is 9.78. The Morgan fingerprint density at radius 2 is 1.86 bits per heavy atom. The van der Waals surface area contributed by atoms with E-state index < -0.39 is 6.04 Å². The van der Waals surface area contributed by atoms with Crippen LogP contribution in [0.3, 0.4) is 0 Å². The number of nitrogens with two attached hydrogens (primary N) is 1. The molecule has 108 valence electrons. The molecule has 21 heavy (non-hydrogen) atoms. The SMILES string of the molecule is NC1=NCC(c2cc(Cl)ccc2F)N1c1ccc(F)cc1. The molecule has 1 unspecified atom stereocenters. The molecule has 2 aromatic rings. The standard InChI is InChI=1S/C15H12ClF2N3/c16-9-1-6-13(18)12(7-9)14-8-20-15(19)21(14)11-4-2-10(17)3-5-11/h1-7,14H,8H2,(H2,19,20). The van der Waals surface area contributed by atoms with Gasteiger partial charge < -0.3 is 10.6 Å². The van der Waals surface area contributed by atoms with Crippen LogP contribution in [-0.4, -0.2) is 12.5 Å². The molecule has 0 spiro atoms. The number of guanidine groups is 1. The van der Waals surface area contributed by atoms with E-state index in [4.69, 9.17) is 17.3 Å². The van der Waals surface area contributed by atoms with Crippen LogP contribution < -0.4 is 10.6 Å². The number of nitrogens with zero attached hydrogens (tertiary/aromatic N) is 2. The van der Waals surface area contributed by atoms with Gasteiger partial charge in [-0.2, -0.15) is 0 Å². The second-order valence-corrected chi connectivity index (χ2v) is 5.16. The fraction of sp³-hybridized carbons (Fsp3) is 0.133. The topological polar surface area (TPSA) is 41.6 Å². The molecule has 1 aliphatic heterocycles. The number of rotatable bonds is 2. The number of anilines is 1. The molecular weight excluding hydrogens is 296 g/mol. The van der Waals surface area contributed by atoms with Gasteiger partial charge in [0.25, 0.3) is 0 Å². The Balaban J connectivity index is 2.02. The third kappa shape index (κ3) is 2.56. The first-order valence-electron chi connectivity index (χ1n) is 6.36. The summed E-state index contributed by atoms with van der Waals surface area (Å²) in [5.74, 6) is -0.452. The smallest absolute Gasteiger partial charge is 0.196 e. The predicted octanol–water partition coefficient (Wildman–Crippen LogP) is 3.49. The first-order valence-corrected chi connectivity index (χ1v) is 6.74. The maximum Gasteiger partial charge on any atom is 0.196 e. The lowest BCUT2D eigenvalue weighted by molar-refractivity contribution is 0.589. The lowest BCUT2D eigenvalue weighted by atomic mass is 10.0. The van der Waals surface area contributed by atoms with E-state index in [0.29, 0.717) is 22.8 Å². The van der Waals surface area contributed by atoms with Gasteiger partial charge in [-0.15, -0.1) is 0 Å². The van der Waals surface area contributed by atoms with Crippen LogP contribution in [0, 0.1) is 11.6 Å². The number of hydrogen-bond acceptors (Lipinski definition) is 3. The fourth-order valence-electron chi connectivity index (χ4n) is 2.42. The molecule has 0 saturated heterocycles. The van der Waals surface area contributed by atoms with Gasteiger partial charge in [0.15, 0.2) is 5.96 Å². The average Bonchev–Trinajstić information content (AvgIpc) is 2.84. The van der Waals surface area contributed by atoms with Crippen LogP contribution in [0.5, 0.6) is 0 Å². The third-order valence-corrected chi connectivity index (χ3v) is 3.64. The lowest BCUT2D eigenvalue weighted by Gasteiger charge is -2.27. The van der Waals surface area contributed by atoms with Crippen molar-refractivity contribution in [1.29, 1.82) is 0 Å². The quantitative estimate of drug-likeness (QED) is 0.922. The van der Waals surface area contributed by atoms with Gasteiger partial charge in [-0.3, -0.25) is 4.99 Å². The molecule has 3 nitrogen and oxygen atoms in total. The molecule has 3 rings (SSSR count). The zero-order chi connectivity index (χ0) is 15.0. The van der Waals surface area contributed by atoms with Crippen LogP contribution in [0.4, 0.5) is 14.5 Å². The molecule has 1 heterocycles. The van der Waals surface area contributed by atoms with E-state index in [1.54, 1.807) is 23.1 Å². The van der Waals surface area contributed by atoms with Crippen LogP contribution in [0.1, 0.15) is 11.6 Å². The fourth-order valence-corrected chi connectivity index (χ4v) is 2.60. The van der Waals surface area contributed by atoms with Crippen molar-refractivity contribution in [1.82, 2.24) is 0 Å². The molecule has 0 radical (unpaired) electrons. The van der Waals surface area contributed by atoms with Crippen molar-refractivity contribution in [3.8, 4) is 0 Å². The summed E-state index contributed by atoms with van der Waals surface area (Å²) < 4.78 is 27.1. The molecule has 2 aromatic carbocycles. The monoisotopic (exact) mass is 307 g/mol. The first-order chi connectivity index (χ1) is 10.1. The highest BCUT2D eigenvalue weighted by molar-refractivity contribution is 6.30. The summed E-state index contributed by atoms with van der Waals surface area (Å²) in [4.78, 5) is 5.84. The predicted molar refractivity (Wildman–Crippen MR) is 79.5 cm³/mol. The Bertz CT molecular complexity index is 701. The summed E-state index contributed by atoms with van der Waals surface area (Å²) >= 11 is 5.94. The molecule has 0 aliphatic carbocycles. The van der Waals surface area contributed by atoms with Crippen LogP contribution in [0.25, 0.3) is 0 Å². The molecule has 0 bridgehead atoms. The highest BCUT2D eigenvalue weighted by Crippen LogP contribution is 2.33. The Hall–Kier alpha value is -2.14. The van der Waals surface area contributed by atoms with Gasteiger partial charge in [0.05, 0.1) is 12.6 Å². The van der Waals surface area contributed by atoms with Crippen molar-refractivity contribution in [2.75, 3.05) is 11.4 Å². The Labute approximate surface area is 125 Å². The van der Waals surface area contributed by atoms with Gasteiger partial charge in [-0.1, -0.05) is 11.6 Å². The Morgan fingerprint density at radius 3 is 2.57 bits per heavy atom. The molecule has 6 heteroatoms. The molecule has 1 aliphatic rings. The minimum Gasteiger partial charge on any atom is -0.369 e. The number of hydrogen-bond donors (Lipinski definition) is 1. The van der Waals surface area contributed by atoms with Crippen molar-refractivity contribution in [2.24, 2.45) is 10.7 Å². The summed E-state index contributed by atoms with van der Waals surface area (Å²) in [5.41, 5.74) is 6.96. The van der Waals surface area contributed by atoms with Crippen molar-refractivity contribution in [2.45, 2.75) is 6.04 Å². The zero-order valence-corrected chi connectivity index (χ0v) is 11.7. The van der Waals surface area contributed by atoms with E-state index in [9.17, 15) is 8.78 Å². The molecule has 0 amide bonds. The second kappa shape index (κ2) is 5.33. The van der Waals surface area contributed by atoms with Gasteiger partial charge in [0.2, 0.25) is 0 Å². The van der Waals surface area contributed by atoms with Crippen LogP contribution >= 0.6 is 11.6 Å². The van der Waals surface area contributed by atoms with Gasteiger partial charge in [-0.05, 0) is 42.5 Å². The largest absolute Gasteiger partial charge is 0.369 e. The van der Waals surface area contributed by atoms with Crippen molar-refractivity contribution in [3.63, 3.8) is 0 Å². The number of halogens is 3. The van der Waals surface area contributed by atoms with Crippen LogP contribution in [-0.2, 0) is 0 Å². The van der Waals surface area contributed by atoms with E-state index in [1.165, 1.54) is 24.3 Å². The molecule has 2 N–H and O–H groups in total. The number of benzene rings is 2. The van der Waals surface area contributed by atoms with Crippen LogP contribution in [0.2, 0.25) is 5.02 Å².